The molecule has 6 nitrogen and oxygen atoms in total. The van der Waals surface area contributed by atoms with E-state index < -0.39 is 0 Å². The first-order valence-corrected chi connectivity index (χ1v) is 6.22. The summed E-state index contributed by atoms with van der Waals surface area (Å²) in [6, 6.07) is 0. The first-order valence-electron chi connectivity index (χ1n) is 6.22. The maximum Gasteiger partial charge on any atom is 0.0921 e. The molecule has 0 aromatic carbocycles. The quantitative estimate of drug-likeness (QED) is 0.628. The Kier molecular flexibility index (Phi) is 28.4. The molecule has 1 unspecified atom stereocenters. The Labute approximate surface area is 134 Å². The molecule has 1 aromatic rings. The van der Waals surface area contributed by atoms with Crippen molar-refractivity contribution in [3.63, 3.8) is 0 Å². The van der Waals surface area contributed by atoms with E-state index in [0.29, 0.717) is 0 Å². The van der Waals surface area contributed by atoms with Crippen LogP contribution in [0.1, 0.15) is 53.2 Å². The molecule has 0 fully saturated rings. The highest BCUT2D eigenvalue weighted by Crippen LogP contribution is 2.25. The molecule has 6 heteroatoms. The van der Waals surface area contributed by atoms with E-state index in [4.69, 9.17) is 0 Å². The number of aromatic nitrogens is 2. The highest BCUT2D eigenvalue weighted by molar-refractivity contribution is 5.05. The Bertz CT molecular complexity index is 400. The van der Waals surface area contributed by atoms with Crippen LogP contribution in [0.5, 0.6) is 0 Å². The Hall–Kier alpha value is -1.65. The van der Waals surface area contributed by atoms with Crippen molar-refractivity contribution >= 4 is 0 Å². The summed E-state index contributed by atoms with van der Waals surface area (Å²) in [6.45, 7) is 5.87. The summed E-state index contributed by atoms with van der Waals surface area (Å²) in [6.07, 6.45) is 11.1. The maximum atomic E-state index is 4.03. The molecule has 0 spiro atoms. The van der Waals surface area contributed by atoms with Crippen molar-refractivity contribution < 1.29 is 21.9 Å². The minimum absolute atomic E-state index is 0. The molecule has 22 heavy (non-hydrogen) atoms. The summed E-state index contributed by atoms with van der Waals surface area (Å²) in [7, 11) is 0. The monoisotopic (exact) mass is 318 g/mol. The number of hydrogen-bond acceptors (Lipinski definition) is 1. The number of hydrogen-bond donors (Lipinski definition) is 1. The molecule has 0 amide bonds. The average Bonchev–Trinajstić information content (AvgIpc) is 2.85. The third kappa shape index (κ3) is 13.3. The van der Waals surface area contributed by atoms with Crippen LogP contribution in [-0.4, -0.2) is 31.9 Å². The normalized spacial score (nSPS) is 14.1. The second kappa shape index (κ2) is 19.4. The van der Waals surface area contributed by atoms with Gasteiger partial charge in [-0.15, -0.1) is 11.8 Å². The summed E-state index contributed by atoms with van der Waals surface area (Å²) in [5.74, 6) is 6.18. The standard InChI is InChI=1S/C11H16N2.C4H6.CH4.4H2O/c1-9-2-4-10(5-3-9)6-11-7-12-8-13-11;1-3-4-2;;;;;/h2,7-8,10H,3-6H2,1H3,(H,12,13);1-2H3;1H4;4*1H2. The number of imidazole rings is 1. The Morgan fingerprint density at radius 1 is 1.18 bits per heavy atom. The highest BCUT2D eigenvalue weighted by atomic mass is 16.0. The van der Waals surface area contributed by atoms with Gasteiger partial charge in [-0.05, 0) is 52.4 Å². The van der Waals surface area contributed by atoms with Crippen LogP contribution in [-0.2, 0) is 6.42 Å². The number of aromatic amines is 1. The topological polar surface area (TPSA) is 155 Å². The zero-order valence-electron chi connectivity index (χ0n) is 13.1. The molecular weight excluding hydrogens is 284 g/mol. The van der Waals surface area contributed by atoms with Gasteiger partial charge in [0, 0.05) is 11.9 Å². The lowest BCUT2D eigenvalue weighted by Gasteiger charge is -2.19. The van der Waals surface area contributed by atoms with Crippen LogP contribution < -0.4 is 0 Å². The molecular formula is C16H34N2O4. The first-order chi connectivity index (χ1) is 8.26. The largest absolute Gasteiger partial charge is 0.412 e. The summed E-state index contributed by atoms with van der Waals surface area (Å²) < 4.78 is 0. The number of rotatable bonds is 2. The van der Waals surface area contributed by atoms with Gasteiger partial charge in [-0.1, -0.05) is 19.1 Å². The third-order valence-electron chi connectivity index (χ3n) is 3.06. The Morgan fingerprint density at radius 2 is 1.77 bits per heavy atom. The summed E-state index contributed by atoms with van der Waals surface area (Å²) in [4.78, 5) is 7.20. The van der Waals surface area contributed by atoms with Crippen molar-refractivity contribution in [2.45, 2.75) is 53.9 Å². The fourth-order valence-electron chi connectivity index (χ4n) is 1.91. The third-order valence-corrected chi connectivity index (χ3v) is 3.06. The second-order valence-electron chi connectivity index (χ2n) is 4.47. The molecule has 1 aromatic heterocycles. The van der Waals surface area contributed by atoms with Crippen molar-refractivity contribution in [1.82, 2.24) is 9.97 Å². The number of allylic oxidation sites excluding steroid dienone is 2. The molecule has 9 N–H and O–H groups in total. The van der Waals surface area contributed by atoms with E-state index in [9.17, 15) is 0 Å². The summed E-state index contributed by atoms with van der Waals surface area (Å²) >= 11 is 0. The summed E-state index contributed by atoms with van der Waals surface area (Å²) in [5.41, 5.74) is 2.83. The highest BCUT2D eigenvalue weighted by Gasteiger charge is 2.13. The molecule has 1 aliphatic carbocycles. The molecule has 0 saturated carbocycles. The molecule has 0 bridgehead atoms. The van der Waals surface area contributed by atoms with Crippen molar-refractivity contribution in [2.24, 2.45) is 5.92 Å². The SMILES string of the molecule is C.CC#CC.CC1=CCC(Cc2cnc[nH]2)CC1.O.O.O.O. The first kappa shape index (κ1) is 32.3. The molecule has 0 radical (unpaired) electrons. The van der Waals surface area contributed by atoms with Gasteiger partial charge in [-0.25, -0.2) is 4.98 Å². The van der Waals surface area contributed by atoms with E-state index >= 15 is 0 Å². The van der Waals surface area contributed by atoms with Gasteiger partial charge >= 0.3 is 0 Å². The van der Waals surface area contributed by atoms with E-state index in [1.807, 2.05) is 20.0 Å². The molecule has 0 saturated heterocycles. The lowest BCUT2D eigenvalue weighted by Crippen LogP contribution is -2.08. The lowest BCUT2D eigenvalue weighted by molar-refractivity contribution is 0.463. The number of nitrogens with one attached hydrogen (secondary N) is 1. The van der Waals surface area contributed by atoms with Gasteiger partial charge in [-0.3, -0.25) is 0 Å². The van der Waals surface area contributed by atoms with Crippen LogP contribution >= 0.6 is 0 Å². The van der Waals surface area contributed by atoms with E-state index in [1.165, 1.54) is 25.0 Å². The maximum absolute atomic E-state index is 4.03. The predicted octanol–water partition coefficient (Wildman–Crippen LogP) is 1.07. The minimum Gasteiger partial charge on any atom is -0.412 e. The fourth-order valence-corrected chi connectivity index (χ4v) is 1.91. The summed E-state index contributed by atoms with van der Waals surface area (Å²) in [5, 5.41) is 0. The van der Waals surface area contributed by atoms with Crippen LogP contribution in [0.25, 0.3) is 0 Å². The van der Waals surface area contributed by atoms with Crippen LogP contribution in [0.15, 0.2) is 24.2 Å². The van der Waals surface area contributed by atoms with Crippen molar-refractivity contribution in [3.05, 3.63) is 29.9 Å². The number of H-pyrrole nitrogens is 1. The zero-order chi connectivity index (χ0) is 12.5. The van der Waals surface area contributed by atoms with Crippen molar-refractivity contribution in [3.8, 4) is 11.8 Å². The van der Waals surface area contributed by atoms with Crippen LogP contribution in [0, 0.1) is 17.8 Å². The van der Waals surface area contributed by atoms with E-state index in [1.54, 1.807) is 11.9 Å². The van der Waals surface area contributed by atoms with Crippen molar-refractivity contribution in [2.75, 3.05) is 0 Å². The molecule has 1 atom stereocenters. The van der Waals surface area contributed by atoms with Gasteiger partial charge in [0.1, 0.15) is 0 Å². The second-order valence-corrected chi connectivity index (χ2v) is 4.47. The van der Waals surface area contributed by atoms with Gasteiger partial charge in [0.05, 0.1) is 6.33 Å². The van der Waals surface area contributed by atoms with Crippen LogP contribution in [0.2, 0.25) is 0 Å². The van der Waals surface area contributed by atoms with Gasteiger partial charge < -0.3 is 26.9 Å². The fraction of sp³-hybridized carbons (Fsp3) is 0.562. The van der Waals surface area contributed by atoms with Crippen LogP contribution in [0.4, 0.5) is 0 Å². The predicted molar refractivity (Wildman–Crippen MR) is 93.7 cm³/mol. The molecule has 1 aliphatic rings. The van der Waals surface area contributed by atoms with Gasteiger partial charge in [0.2, 0.25) is 0 Å². The molecule has 2 rings (SSSR count). The van der Waals surface area contributed by atoms with Crippen molar-refractivity contribution in [1.29, 1.82) is 0 Å². The van der Waals surface area contributed by atoms with Gasteiger partial charge in [0.25, 0.3) is 0 Å². The van der Waals surface area contributed by atoms with Gasteiger partial charge in [-0.2, -0.15) is 0 Å². The Morgan fingerprint density at radius 3 is 2.14 bits per heavy atom. The zero-order valence-corrected chi connectivity index (χ0v) is 13.1. The van der Waals surface area contributed by atoms with E-state index in [-0.39, 0.29) is 29.3 Å². The number of nitrogens with zero attached hydrogens (tertiary/aromatic N) is 1. The smallest absolute Gasteiger partial charge is 0.0921 e. The molecule has 1 heterocycles. The Balaban J connectivity index is -0.0000000976. The molecule has 132 valence electrons. The average molecular weight is 318 g/mol. The van der Waals surface area contributed by atoms with Gasteiger partial charge in [0.15, 0.2) is 0 Å². The van der Waals surface area contributed by atoms with E-state index in [2.05, 4.69) is 34.8 Å². The van der Waals surface area contributed by atoms with E-state index in [0.717, 1.165) is 12.3 Å². The lowest BCUT2D eigenvalue weighted by atomic mass is 9.87. The van der Waals surface area contributed by atoms with Crippen LogP contribution in [0.3, 0.4) is 0 Å². The molecule has 0 aliphatic heterocycles. The minimum atomic E-state index is 0.